The summed E-state index contributed by atoms with van der Waals surface area (Å²) in [6.45, 7) is 3.79. The minimum atomic E-state index is -0.589. The van der Waals surface area contributed by atoms with E-state index in [0.717, 1.165) is 27.3 Å². The third kappa shape index (κ3) is 5.02. The van der Waals surface area contributed by atoms with Crippen molar-refractivity contribution in [2.45, 2.75) is 13.8 Å². The van der Waals surface area contributed by atoms with E-state index in [0.29, 0.717) is 22.1 Å². The molecule has 0 fully saturated rings. The minimum absolute atomic E-state index is 0.0146. The normalized spacial score (nSPS) is 13.3. The Morgan fingerprint density at radius 3 is 2.27 bits per heavy atom. The van der Waals surface area contributed by atoms with Crippen LogP contribution >= 0.6 is 22.9 Å². The zero-order chi connectivity index (χ0) is 26.1. The fraction of sp³-hybridized carbons (Fsp3) is 0.0714. The Bertz CT molecular complexity index is 1540. The summed E-state index contributed by atoms with van der Waals surface area (Å²) in [5.41, 5.74) is 4.98. The molecular weight excluding hydrogens is 508 g/mol. The molecule has 0 saturated heterocycles. The predicted octanol–water partition coefficient (Wildman–Crippen LogP) is 6.11. The summed E-state index contributed by atoms with van der Waals surface area (Å²) in [7, 11) is 0. The Morgan fingerprint density at radius 2 is 1.59 bits per heavy atom. The average Bonchev–Trinajstić information content (AvgIpc) is 3.43. The second kappa shape index (κ2) is 10.0. The van der Waals surface area contributed by atoms with Crippen LogP contribution in [0.4, 0.5) is 16.5 Å². The maximum Gasteiger partial charge on any atom is 0.283 e. The molecule has 3 aromatic carbocycles. The van der Waals surface area contributed by atoms with E-state index < -0.39 is 11.8 Å². The molecule has 2 N–H and O–H groups in total. The van der Waals surface area contributed by atoms with Gasteiger partial charge in [-0.2, -0.15) is 0 Å². The molecule has 1 aliphatic rings. The van der Waals surface area contributed by atoms with E-state index in [1.807, 2.05) is 55.6 Å². The van der Waals surface area contributed by atoms with Gasteiger partial charge in [-0.25, -0.2) is 9.88 Å². The number of halogens is 1. The first kappa shape index (κ1) is 24.4. The van der Waals surface area contributed by atoms with Crippen LogP contribution in [0, 0.1) is 13.8 Å². The highest BCUT2D eigenvalue weighted by Gasteiger charge is 2.39. The van der Waals surface area contributed by atoms with Gasteiger partial charge in [0.05, 0.1) is 11.4 Å². The van der Waals surface area contributed by atoms with E-state index in [4.69, 9.17) is 11.6 Å². The van der Waals surface area contributed by atoms with Crippen LogP contribution in [-0.4, -0.2) is 22.7 Å². The number of aromatic nitrogens is 1. The number of hydrogen-bond donors (Lipinski definition) is 2. The highest BCUT2D eigenvalue weighted by Crippen LogP contribution is 2.31. The van der Waals surface area contributed by atoms with Crippen molar-refractivity contribution in [2.24, 2.45) is 0 Å². The quantitative estimate of drug-likeness (QED) is 0.294. The van der Waals surface area contributed by atoms with Crippen molar-refractivity contribution >= 4 is 57.2 Å². The maximum atomic E-state index is 13.1. The van der Waals surface area contributed by atoms with Crippen LogP contribution in [0.15, 0.2) is 88.9 Å². The van der Waals surface area contributed by atoms with E-state index in [1.165, 1.54) is 11.3 Å². The van der Waals surface area contributed by atoms with Gasteiger partial charge in [-0.3, -0.25) is 19.7 Å². The first-order valence-corrected chi connectivity index (χ1v) is 12.6. The van der Waals surface area contributed by atoms with E-state index in [1.54, 1.807) is 36.4 Å². The molecule has 1 aromatic heterocycles. The predicted molar refractivity (Wildman–Crippen MR) is 147 cm³/mol. The van der Waals surface area contributed by atoms with Crippen molar-refractivity contribution in [3.63, 3.8) is 0 Å². The molecule has 0 saturated carbocycles. The van der Waals surface area contributed by atoms with Gasteiger partial charge in [-0.05, 0) is 61.4 Å². The largest absolute Gasteiger partial charge is 0.350 e. The zero-order valence-corrected chi connectivity index (χ0v) is 21.5. The number of carbonyl (C=O) groups excluding carboxylic acids is 3. The molecule has 9 heteroatoms. The second-order valence-electron chi connectivity index (χ2n) is 8.54. The summed E-state index contributed by atoms with van der Waals surface area (Å²) < 4.78 is 0. The third-order valence-corrected chi connectivity index (χ3v) is 6.81. The van der Waals surface area contributed by atoms with Crippen LogP contribution in [0.2, 0.25) is 0 Å². The van der Waals surface area contributed by atoms with Gasteiger partial charge in [0, 0.05) is 22.2 Å². The fourth-order valence-corrected chi connectivity index (χ4v) is 4.94. The summed E-state index contributed by atoms with van der Waals surface area (Å²) in [6, 6.07) is 21.7. The Labute approximate surface area is 222 Å². The van der Waals surface area contributed by atoms with Crippen LogP contribution < -0.4 is 15.5 Å². The van der Waals surface area contributed by atoms with Crippen LogP contribution in [0.3, 0.4) is 0 Å². The van der Waals surface area contributed by atoms with E-state index in [2.05, 4.69) is 15.6 Å². The molecule has 37 heavy (non-hydrogen) atoms. The van der Waals surface area contributed by atoms with Crippen molar-refractivity contribution in [3.05, 3.63) is 106 Å². The molecule has 0 atom stereocenters. The molecule has 0 bridgehead atoms. The van der Waals surface area contributed by atoms with Crippen molar-refractivity contribution in [1.29, 1.82) is 0 Å². The summed E-state index contributed by atoms with van der Waals surface area (Å²) in [5, 5.41) is 7.92. The lowest BCUT2D eigenvalue weighted by molar-refractivity contribution is -0.120. The number of imide groups is 1. The van der Waals surface area contributed by atoms with Crippen LogP contribution in [0.1, 0.15) is 21.5 Å². The summed E-state index contributed by atoms with van der Waals surface area (Å²) in [4.78, 5) is 44.1. The zero-order valence-electron chi connectivity index (χ0n) is 19.9. The van der Waals surface area contributed by atoms with E-state index >= 15 is 0 Å². The van der Waals surface area contributed by atoms with Gasteiger partial charge < -0.3 is 5.32 Å². The van der Waals surface area contributed by atoms with Gasteiger partial charge >= 0.3 is 0 Å². The first-order valence-electron chi connectivity index (χ1n) is 11.4. The summed E-state index contributed by atoms with van der Waals surface area (Å²) in [5.74, 6) is -1.45. The Balaban J connectivity index is 1.27. The monoisotopic (exact) mass is 528 g/mol. The third-order valence-electron chi connectivity index (χ3n) is 5.70. The summed E-state index contributed by atoms with van der Waals surface area (Å²) in [6.07, 6.45) is 0. The van der Waals surface area contributed by atoms with Crippen molar-refractivity contribution in [3.8, 4) is 11.3 Å². The molecule has 7 nitrogen and oxygen atoms in total. The van der Waals surface area contributed by atoms with E-state index in [9.17, 15) is 14.4 Å². The molecular formula is C28H21ClN4O3S. The molecule has 3 amide bonds. The lowest BCUT2D eigenvalue weighted by Gasteiger charge is -2.16. The molecule has 5 rings (SSSR count). The van der Waals surface area contributed by atoms with E-state index in [-0.39, 0.29) is 16.6 Å². The number of carbonyl (C=O) groups is 3. The SMILES string of the molecule is Cc1cc(C)cc(N2C(=O)C(Cl)=C(Nc3ccc(C(=O)Nc4nc(-c5ccccc5)cs4)cc3)C2=O)c1. The Kier molecular flexibility index (Phi) is 6.60. The number of amides is 3. The van der Waals surface area contributed by atoms with Gasteiger partial charge in [-0.15, -0.1) is 11.3 Å². The number of thiazole rings is 1. The number of benzene rings is 3. The highest BCUT2D eigenvalue weighted by molar-refractivity contribution is 7.14. The number of aryl methyl sites for hydroxylation is 2. The standard InChI is InChI=1S/C28H21ClN4O3S/c1-16-12-17(2)14-21(13-16)33-26(35)23(29)24(27(33)36)30-20-10-8-19(9-11-20)25(34)32-28-31-22(15-37-28)18-6-4-3-5-7-18/h3-15,30H,1-2H3,(H,31,32,34). The number of anilines is 3. The maximum absolute atomic E-state index is 13.1. The smallest absolute Gasteiger partial charge is 0.283 e. The molecule has 0 spiro atoms. The average molecular weight is 529 g/mol. The number of rotatable bonds is 6. The van der Waals surface area contributed by atoms with Crippen molar-refractivity contribution in [2.75, 3.05) is 15.5 Å². The number of hydrogen-bond acceptors (Lipinski definition) is 6. The molecule has 0 aliphatic carbocycles. The molecule has 1 aliphatic heterocycles. The molecule has 184 valence electrons. The molecule has 0 unspecified atom stereocenters. The van der Waals surface area contributed by atoms with Gasteiger partial charge in [0.25, 0.3) is 17.7 Å². The highest BCUT2D eigenvalue weighted by atomic mass is 35.5. The summed E-state index contributed by atoms with van der Waals surface area (Å²) >= 11 is 7.59. The topological polar surface area (TPSA) is 91.4 Å². The van der Waals surface area contributed by atoms with Gasteiger partial charge in [-0.1, -0.05) is 48.0 Å². The Morgan fingerprint density at radius 1 is 0.919 bits per heavy atom. The van der Waals surface area contributed by atoms with Crippen molar-refractivity contribution in [1.82, 2.24) is 4.98 Å². The van der Waals surface area contributed by atoms with Crippen molar-refractivity contribution < 1.29 is 14.4 Å². The van der Waals surface area contributed by atoms with Crippen LogP contribution in [0.25, 0.3) is 11.3 Å². The fourth-order valence-electron chi connectivity index (χ4n) is 4.02. The van der Waals surface area contributed by atoms with Gasteiger partial charge in [0.1, 0.15) is 10.7 Å². The van der Waals surface area contributed by atoms with Crippen LogP contribution in [0.5, 0.6) is 0 Å². The van der Waals surface area contributed by atoms with Crippen LogP contribution in [-0.2, 0) is 9.59 Å². The molecule has 2 heterocycles. The lowest BCUT2D eigenvalue weighted by Crippen LogP contribution is -2.32. The lowest BCUT2D eigenvalue weighted by atomic mass is 10.1. The van der Waals surface area contributed by atoms with Gasteiger partial charge in [0.2, 0.25) is 0 Å². The first-order chi connectivity index (χ1) is 17.8. The number of nitrogens with one attached hydrogen (secondary N) is 2. The number of nitrogens with zero attached hydrogens (tertiary/aromatic N) is 2. The molecule has 0 radical (unpaired) electrons. The molecule has 4 aromatic rings. The van der Waals surface area contributed by atoms with Gasteiger partial charge in [0.15, 0.2) is 5.13 Å². The second-order valence-corrected chi connectivity index (χ2v) is 9.78. The minimum Gasteiger partial charge on any atom is -0.350 e. The Hall–Kier alpha value is -4.27.